The Kier molecular flexibility index (Phi) is 6.05. The Bertz CT molecular complexity index is 417. The van der Waals surface area contributed by atoms with Crippen LogP contribution in [0.5, 0.6) is 0 Å². The van der Waals surface area contributed by atoms with E-state index in [1.807, 2.05) is 0 Å². The number of nitrogens with one attached hydrogen (secondary N) is 1. The van der Waals surface area contributed by atoms with Crippen molar-refractivity contribution in [2.45, 2.75) is 39.2 Å². The summed E-state index contributed by atoms with van der Waals surface area (Å²) in [5, 5.41) is 0. The average Bonchev–Trinajstić information content (AvgIpc) is 2.84. The van der Waals surface area contributed by atoms with Crippen LogP contribution in [0.4, 0.5) is 0 Å². The molecule has 0 unspecified atom stereocenters. The molecule has 0 aromatic heterocycles. The predicted octanol–water partition coefficient (Wildman–Crippen LogP) is 0.978. The van der Waals surface area contributed by atoms with Gasteiger partial charge in [0.25, 0.3) is 0 Å². The molecule has 6 heteroatoms. The minimum atomic E-state index is -3.04. The van der Waals surface area contributed by atoms with Gasteiger partial charge in [0.15, 0.2) is 0 Å². The smallest absolute Gasteiger partial charge is 0.208 e. The lowest BCUT2D eigenvalue weighted by Gasteiger charge is -2.36. The molecule has 5 nitrogen and oxygen atoms in total. The number of nitrogens with zero attached hydrogens (tertiary/aromatic N) is 2. The molecule has 2 aliphatic rings. The summed E-state index contributed by atoms with van der Waals surface area (Å²) in [7, 11) is -3.04. The predicted molar refractivity (Wildman–Crippen MR) is 86.8 cm³/mol. The fraction of sp³-hybridized carbons (Fsp3) is 1.00. The normalized spacial score (nSPS) is 26.8. The van der Waals surface area contributed by atoms with Crippen molar-refractivity contribution >= 4 is 10.0 Å². The Labute approximate surface area is 130 Å². The van der Waals surface area contributed by atoms with Crippen LogP contribution >= 0.6 is 0 Å². The molecule has 0 amide bonds. The quantitative estimate of drug-likeness (QED) is 0.793. The van der Waals surface area contributed by atoms with Crippen LogP contribution in [0.1, 0.15) is 33.1 Å². The van der Waals surface area contributed by atoms with Gasteiger partial charge in [0.05, 0.1) is 6.26 Å². The second kappa shape index (κ2) is 7.40. The van der Waals surface area contributed by atoms with E-state index in [1.165, 1.54) is 38.7 Å². The van der Waals surface area contributed by atoms with Gasteiger partial charge in [0.1, 0.15) is 0 Å². The zero-order valence-corrected chi connectivity index (χ0v) is 14.5. The lowest BCUT2D eigenvalue weighted by molar-refractivity contribution is 0.128. The van der Waals surface area contributed by atoms with Gasteiger partial charge in [-0.2, -0.15) is 0 Å². The van der Waals surface area contributed by atoms with Crippen molar-refractivity contribution in [1.29, 1.82) is 0 Å². The molecule has 124 valence electrons. The van der Waals surface area contributed by atoms with E-state index >= 15 is 0 Å². The van der Waals surface area contributed by atoms with E-state index in [1.54, 1.807) is 0 Å². The third-order valence-corrected chi connectivity index (χ3v) is 5.59. The third kappa shape index (κ3) is 5.85. The number of sulfonamides is 1. The van der Waals surface area contributed by atoms with Crippen molar-refractivity contribution < 1.29 is 8.42 Å². The Morgan fingerprint density at radius 3 is 2.29 bits per heavy atom. The van der Waals surface area contributed by atoms with Crippen molar-refractivity contribution in [2.24, 2.45) is 11.8 Å². The Morgan fingerprint density at radius 1 is 1.10 bits per heavy atom. The maximum atomic E-state index is 11.1. The van der Waals surface area contributed by atoms with Crippen molar-refractivity contribution in [3.05, 3.63) is 0 Å². The average molecular weight is 317 g/mol. The molecule has 2 fully saturated rings. The standard InChI is InChI=1S/C15H31N3O2S/c1-13(2)18-8-5-14(6-9-18)11-17-7-4-15(12-17)10-16-21(3,19)20/h13-16H,4-12H2,1-3H3/t15-/m0/s1. The van der Waals surface area contributed by atoms with Gasteiger partial charge in [0, 0.05) is 25.7 Å². The molecular formula is C15H31N3O2S. The molecule has 1 N–H and O–H groups in total. The van der Waals surface area contributed by atoms with E-state index in [-0.39, 0.29) is 0 Å². The Morgan fingerprint density at radius 2 is 1.71 bits per heavy atom. The molecule has 1 atom stereocenters. The number of likely N-dealkylation sites (tertiary alicyclic amines) is 2. The van der Waals surface area contributed by atoms with Gasteiger partial charge in [-0.15, -0.1) is 0 Å². The Hall–Kier alpha value is -0.170. The third-order valence-electron chi connectivity index (χ3n) is 4.90. The minimum absolute atomic E-state index is 0.482. The van der Waals surface area contributed by atoms with Crippen LogP contribution in [0.3, 0.4) is 0 Å². The summed E-state index contributed by atoms with van der Waals surface area (Å²) in [6.07, 6.45) is 4.97. The van der Waals surface area contributed by atoms with Crippen LogP contribution in [0.25, 0.3) is 0 Å². The zero-order chi connectivity index (χ0) is 15.5. The van der Waals surface area contributed by atoms with E-state index in [0.717, 1.165) is 25.4 Å². The minimum Gasteiger partial charge on any atom is -0.303 e. The molecule has 0 aromatic carbocycles. The van der Waals surface area contributed by atoms with Crippen LogP contribution in [0.15, 0.2) is 0 Å². The summed E-state index contributed by atoms with van der Waals surface area (Å²) in [5.41, 5.74) is 0. The van der Waals surface area contributed by atoms with Gasteiger partial charge >= 0.3 is 0 Å². The molecule has 2 aliphatic heterocycles. The molecule has 0 aliphatic carbocycles. The molecular weight excluding hydrogens is 286 g/mol. The molecule has 0 saturated carbocycles. The van der Waals surface area contributed by atoms with Crippen LogP contribution in [0, 0.1) is 11.8 Å². The van der Waals surface area contributed by atoms with E-state index in [4.69, 9.17) is 0 Å². The second-order valence-electron chi connectivity index (χ2n) is 7.11. The molecule has 2 rings (SSSR count). The highest BCUT2D eigenvalue weighted by atomic mass is 32.2. The monoisotopic (exact) mass is 317 g/mol. The van der Waals surface area contributed by atoms with Crippen LogP contribution in [-0.4, -0.2) is 69.8 Å². The van der Waals surface area contributed by atoms with Gasteiger partial charge < -0.3 is 9.80 Å². The SMILES string of the molecule is CC(C)N1CCC(CN2CC[C@@H](CNS(C)(=O)=O)C2)CC1. The van der Waals surface area contributed by atoms with Crippen LogP contribution in [-0.2, 0) is 10.0 Å². The molecule has 0 aromatic rings. The van der Waals surface area contributed by atoms with Crippen molar-refractivity contribution in [1.82, 2.24) is 14.5 Å². The first kappa shape index (κ1) is 17.2. The summed E-state index contributed by atoms with van der Waals surface area (Å²) >= 11 is 0. The highest BCUT2D eigenvalue weighted by molar-refractivity contribution is 7.88. The summed E-state index contributed by atoms with van der Waals surface area (Å²) in [6.45, 7) is 11.0. The lowest BCUT2D eigenvalue weighted by atomic mass is 9.95. The molecule has 2 saturated heterocycles. The Balaban J connectivity index is 1.67. The maximum Gasteiger partial charge on any atom is 0.208 e. The fourth-order valence-electron chi connectivity index (χ4n) is 3.53. The van der Waals surface area contributed by atoms with Crippen molar-refractivity contribution in [3.8, 4) is 0 Å². The van der Waals surface area contributed by atoms with Crippen molar-refractivity contribution in [2.75, 3.05) is 45.5 Å². The van der Waals surface area contributed by atoms with Gasteiger partial charge in [-0.05, 0) is 64.6 Å². The highest BCUT2D eigenvalue weighted by Gasteiger charge is 2.27. The van der Waals surface area contributed by atoms with Gasteiger partial charge in [-0.25, -0.2) is 13.1 Å². The lowest BCUT2D eigenvalue weighted by Crippen LogP contribution is -2.41. The van der Waals surface area contributed by atoms with Crippen LogP contribution < -0.4 is 4.72 Å². The van der Waals surface area contributed by atoms with E-state index < -0.39 is 10.0 Å². The highest BCUT2D eigenvalue weighted by Crippen LogP contribution is 2.23. The number of hydrogen-bond acceptors (Lipinski definition) is 4. The molecule has 0 radical (unpaired) electrons. The molecule has 0 bridgehead atoms. The topological polar surface area (TPSA) is 52.6 Å². The van der Waals surface area contributed by atoms with E-state index in [0.29, 0.717) is 18.5 Å². The first-order valence-electron chi connectivity index (χ1n) is 8.24. The van der Waals surface area contributed by atoms with Crippen molar-refractivity contribution in [3.63, 3.8) is 0 Å². The second-order valence-corrected chi connectivity index (χ2v) is 8.94. The summed E-state index contributed by atoms with van der Waals surface area (Å²) in [5.74, 6) is 1.30. The fourth-order valence-corrected chi connectivity index (χ4v) is 4.07. The number of hydrogen-bond donors (Lipinski definition) is 1. The summed E-state index contributed by atoms with van der Waals surface area (Å²) in [6, 6.07) is 0.671. The molecule has 21 heavy (non-hydrogen) atoms. The molecule has 0 spiro atoms. The first-order valence-corrected chi connectivity index (χ1v) is 10.1. The maximum absolute atomic E-state index is 11.1. The van der Waals surface area contributed by atoms with Crippen LogP contribution in [0.2, 0.25) is 0 Å². The van der Waals surface area contributed by atoms with E-state index in [2.05, 4.69) is 28.4 Å². The summed E-state index contributed by atoms with van der Waals surface area (Å²) < 4.78 is 24.9. The zero-order valence-electron chi connectivity index (χ0n) is 13.7. The molecule has 2 heterocycles. The summed E-state index contributed by atoms with van der Waals surface area (Å²) in [4.78, 5) is 5.10. The number of rotatable bonds is 6. The van der Waals surface area contributed by atoms with Gasteiger partial charge in [-0.1, -0.05) is 0 Å². The first-order chi connectivity index (χ1) is 9.83. The van der Waals surface area contributed by atoms with Gasteiger partial charge in [-0.3, -0.25) is 0 Å². The number of piperidine rings is 1. The largest absolute Gasteiger partial charge is 0.303 e. The van der Waals surface area contributed by atoms with E-state index in [9.17, 15) is 8.42 Å². The van der Waals surface area contributed by atoms with Gasteiger partial charge in [0.2, 0.25) is 10.0 Å².